The molecule has 0 saturated carbocycles. The van der Waals surface area contributed by atoms with Gasteiger partial charge >= 0.3 is 5.97 Å². The maximum Gasteiger partial charge on any atom is 0.323 e. The number of methoxy groups -OCH3 is 1. The number of benzene rings is 2. The molecule has 2 aromatic carbocycles. The molecule has 1 aliphatic heterocycles. The standard InChI is InChI=1S/C19H26N3O2PS/c1-13(2)18(19(23)24-3)22-12-25(26)10-20-15-8-4-6-14-7-5-9-16(17(14)15)21-11-25/h4-9,13,18,20-22H,10-12H2,1-3H3. The molecular formula is C19H26N3O2PS. The summed E-state index contributed by atoms with van der Waals surface area (Å²) in [5, 5.41) is 12.9. The zero-order chi connectivity index (χ0) is 18.7. The smallest absolute Gasteiger partial charge is 0.323 e. The highest BCUT2D eigenvalue weighted by Crippen LogP contribution is 2.47. The van der Waals surface area contributed by atoms with Gasteiger partial charge in [-0.1, -0.05) is 49.9 Å². The Balaban J connectivity index is 1.79. The molecular weight excluding hydrogens is 365 g/mol. The van der Waals surface area contributed by atoms with Crippen LogP contribution in [0.25, 0.3) is 10.8 Å². The average molecular weight is 391 g/mol. The summed E-state index contributed by atoms with van der Waals surface area (Å²) in [6, 6.07) is 10.4. The van der Waals surface area contributed by atoms with E-state index in [2.05, 4.69) is 52.3 Å². The molecule has 5 nitrogen and oxygen atoms in total. The average Bonchev–Trinajstić information content (AvgIpc) is 2.63. The monoisotopic (exact) mass is 391 g/mol. The first kappa shape index (κ1) is 19.2. The fourth-order valence-corrected chi connectivity index (χ4v) is 5.64. The fraction of sp³-hybridized carbons (Fsp3) is 0.421. The Morgan fingerprint density at radius 3 is 2.27 bits per heavy atom. The van der Waals surface area contributed by atoms with Gasteiger partial charge in [0, 0.05) is 41.7 Å². The number of carbonyl (C=O) groups is 1. The highest BCUT2D eigenvalue weighted by molar-refractivity contribution is 8.14. The molecule has 26 heavy (non-hydrogen) atoms. The Morgan fingerprint density at radius 2 is 1.77 bits per heavy atom. The molecule has 0 spiro atoms. The highest BCUT2D eigenvalue weighted by atomic mass is 32.4. The first-order chi connectivity index (χ1) is 12.4. The van der Waals surface area contributed by atoms with E-state index < -0.39 is 6.04 Å². The molecule has 3 N–H and O–H groups in total. The van der Waals surface area contributed by atoms with E-state index >= 15 is 0 Å². The molecule has 0 saturated heterocycles. The van der Waals surface area contributed by atoms with Gasteiger partial charge in [-0.25, -0.2) is 0 Å². The summed E-state index contributed by atoms with van der Waals surface area (Å²) in [6.07, 6.45) is 2.11. The van der Waals surface area contributed by atoms with E-state index in [0.29, 0.717) is 6.29 Å². The number of rotatable bonds is 5. The lowest BCUT2D eigenvalue weighted by Crippen LogP contribution is -2.42. The van der Waals surface area contributed by atoms with Crippen LogP contribution in [0.15, 0.2) is 36.4 Å². The van der Waals surface area contributed by atoms with Gasteiger partial charge in [0.15, 0.2) is 0 Å². The number of nitrogens with one attached hydrogen (secondary N) is 3. The normalized spacial score (nSPS) is 16.9. The zero-order valence-electron chi connectivity index (χ0n) is 15.4. The van der Waals surface area contributed by atoms with E-state index in [9.17, 15) is 4.79 Å². The van der Waals surface area contributed by atoms with Crippen molar-refractivity contribution in [1.29, 1.82) is 0 Å². The predicted octanol–water partition coefficient (Wildman–Crippen LogP) is 3.82. The SMILES string of the molecule is COC(=O)C(NCP1(=S)CNc2cccc3cccc(c23)NC1)C(C)C. The predicted molar refractivity (Wildman–Crippen MR) is 114 cm³/mol. The van der Waals surface area contributed by atoms with E-state index in [-0.39, 0.29) is 17.9 Å². The number of ether oxygens (including phenoxy) is 1. The maximum absolute atomic E-state index is 12.0. The van der Waals surface area contributed by atoms with Crippen LogP contribution in [0.4, 0.5) is 11.4 Å². The van der Waals surface area contributed by atoms with Crippen molar-refractivity contribution in [3.05, 3.63) is 36.4 Å². The number of hydrogen-bond acceptors (Lipinski definition) is 6. The minimum absolute atomic E-state index is 0.147. The van der Waals surface area contributed by atoms with Crippen LogP contribution in [-0.2, 0) is 21.3 Å². The van der Waals surface area contributed by atoms with Crippen LogP contribution >= 0.6 is 6.04 Å². The summed E-state index contributed by atoms with van der Waals surface area (Å²) in [5.74, 6) is -0.0844. The molecule has 0 radical (unpaired) electrons. The Morgan fingerprint density at radius 1 is 1.19 bits per heavy atom. The molecule has 140 valence electrons. The van der Waals surface area contributed by atoms with Crippen LogP contribution in [-0.4, -0.2) is 38.0 Å². The van der Waals surface area contributed by atoms with Crippen molar-refractivity contribution in [1.82, 2.24) is 5.32 Å². The molecule has 7 heteroatoms. The lowest BCUT2D eigenvalue weighted by atomic mass is 10.1. The topological polar surface area (TPSA) is 62.4 Å². The molecule has 3 rings (SSSR count). The second kappa shape index (κ2) is 7.95. The number of esters is 1. The first-order valence-corrected chi connectivity index (χ1v) is 12.2. The van der Waals surface area contributed by atoms with Crippen molar-refractivity contribution in [2.75, 3.05) is 36.6 Å². The Bertz CT molecular complexity index is 809. The molecule has 0 bridgehead atoms. The summed E-state index contributed by atoms with van der Waals surface area (Å²) >= 11 is 6.04. The van der Waals surface area contributed by atoms with Crippen molar-refractivity contribution >= 4 is 46.0 Å². The Labute approximate surface area is 159 Å². The summed E-state index contributed by atoms with van der Waals surface area (Å²) in [7, 11) is 1.43. The van der Waals surface area contributed by atoms with Gasteiger partial charge in [0.25, 0.3) is 0 Å². The van der Waals surface area contributed by atoms with Crippen LogP contribution in [0.1, 0.15) is 13.8 Å². The van der Waals surface area contributed by atoms with E-state index in [1.807, 2.05) is 13.8 Å². The van der Waals surface area contributed by atoms with E-state index in [4.69, 9.17) is 16.5 Å². The third-order valence-electron chi connectivity index (χ3n) is 4.74. The van der Waals surface area contributed by atoms with Crippen LogP contribution < -0.4 is 16.0 Å². The van der Waals surface area contributed by atoms with Gasteiger partial charge in [0.05, 0.1) is 7.11 Å². The third kappa shape index (κ3) is 4.03. The summed E-state index contributed by atoms with van der Waals surface area (Å²) in [4.78, 5) is 12.0. The van der Waals surface area contributed by atoms with Crippen LogP contribution in [0.5, 0.6) is 0 Å². The van der Waals surface area contributed by atoms with Gasteiger partial charge in [-0.05, 0) is 23.4 Å². The quantitative estimate of drug-likeness (QED) is 0.532. The fourth-order valence-electron chi connectivity index (χ4n) is 3.24. The molecule has 1 atom stereocenters. The van der Waals surface area contributed by atoms with Crippen LogP contribution in [0.3, 0.4) is 0 Å². The number of carbonyl (C=O) groups excluding carboxylic acids is 1. The molecule has 0 fully saturated rings. The second-order valence-electron chi connectivity index (χ2n) is 7.04. The van der Waals surface area contributed by atoms with Gasteiger partial charge in [-0.3, -0.25) is 10.1 Å². The Hall–Kier alpha value is -1.62. The lowest BCUT2D eigenvalue weighted by Gasteiger charge is -2.30. The third-order valence-corrected chi connectivity index (χ3v) is 8.13. The number of anilines is 2. The van der Waals surface area contributed by atoms with Crippen molar-refractivity contribution in [3.63, 3.8) is 0 Å². The van der Waals surface area contributed by atoms with Gasteiger partial charge in [0.1, 0.15) is 6.04 Å². The molecule has 1 aliphatic rings. The second-order valence-corrected chi connectivity index (χ2v) is 12.4. The Kier molecular flexibility index (Phi) is 5.86. The lowest BCUT2D eigenvalue weighted by molar-refractivity contribution is -0.144. The van der Waals surface area contributed by atoms with Gasteiger partial charge < -0.3 is 15.4 Å². The van der Waals surface area contributed by atoms with Crippen LogP contribution in [0.2, 0.25) is 0 Å². The van der Waals surface area contributed by atoms with E-state index in [1.165, 1.54) is 17.9 Å². The van der Waals surface area contributed by atoms with Gasteiger partial charge in [-0.15, -0.1) is 0 Å². The molecule has 0 aromatic heterocycles. The molecule has 1 heterocycles. The minimum atomic E-state index is -1.80. The van der Waals surface area contributed by atoms with Gasteiger partial charge in [0.2, 0.25) is 0 Å². The molecule has 1 unspecified atom stereocenters. The van der Waals surface area contributed by atoms with Gasteiger partial charge in [-0.2, -0.15) is 0 Å². The zero-order valence-corrected chi connectivity index (χ0v) is 17.1. The summed E-state index contributed by atoms with van der Waals surface area (Å²) < 4.78 is 4.92. The number of hydrogen-bond donors (Lipinski definition) is 3. The van der Waals surface area contributed by atoms with Crippen molar-refractivity contribution in [2.24, 2.45) is 5.92 Å². The van der Waals surface area contributed by atoms with Crippen molar-refractivity contribution < 1.29 is 9.53 Å². The largest absolute Gasteiger partial charge is 0.468 e. The molecule has 0 amide bonds. The molecule has 0 aliphatic carbocycles. The van der Waals surface area contributed by atoms with E-state index in [0.717, 1.165) is 23.9 Å². The minimum Gasteiger partial charge on any atom is -0.468 e. The highest BCUT2D eigenvalue weighted by Gasteiger charge is 2.27. The maximum atomic E-state index is 12.0. The summed E-state index contributed by atoms with van der Waals surface area (Å²) in [6.45, 7) is 4.02. The molecule has 2 aromatic rings. The summed E-state index contributed by atoms with van der Waals surface area (Å²) in [5.41, 5.74) is 2.21. The van der Waals surface area contributed by atoms with Crippen molar-refractivity contribution in [3.8, 4) is 0 Å². The van der Waals surface area contributed by atoms with Crippen molar-refractivity contribution in [2.45, 2.75) is 19.9 Å². The van der Waals surface area contributed by atoms with E-state index in [1.54, 1.807) is 0 Å². The van der Waals surface area contributed by atoms with Crippen LogP contribution in [0, 0.1) is 5.92 Å². The first-order valence-electron chi connectivity index (χ1n) is 8.81.